The zero-order valence-corrected chi connectivity index (χ0v) is 12.2. The third kappa shape index (κ3) is 2.67. The fourth-order valence-corrected chi connectivity index (χ4v) is 3.02. The second-order valence-electron chi connectivity index (χ2n) is 4.93. The molecule has 3 rings (SSSR count). The van der Waals surface area contributed by atoms with Crippen LogP contribution in [0.5, 0.6) is 0 Å². The number of hydrogen-bond donors (Lipinski definition) is 1. The first-order chi connectivity index (χ1) is 9.74. The fourth-order valence-electron chi connectivity index (χ4n) is 2.41. The van der Waals surface area contributed by atoms with Crippen LogP contribution >= 0.6 is 11.3 Å². The monoisotopic (exact) mass is 287 g/mol. The minimum atomic E-state index is -0.00393. The maximum Gasteiger partial charge on any atom is 0.318 e. The first kappa shape index (κ1) is 13.1. The molecule has 1 atom stereocenters. The molecule has 1 aromatic carbocycles. The second kappa shape index (κ2) is 5.63. The topological polar surface area (TPSA) is 45.2 Å². The summed E-state index contributed by atoms with van der Waals surface area (Å²) < 4.78 is 0. The number of rotatable bonds is 3. The van der Waals surface area contributed by atoms with E-state index in [1.807, 2.05) is 35.4 Å². The number of nitrogens with one attached hydrogen (secondary N) is 1. The molecule has 1 saturated heterocycles. The highest BCUT2D eigenvalue weighted by Gasteiger charge is 2.32. The summed E-state index contributed by atoms with van der Waals surface area (Å²) >= 11 is 1.61. The van der Waals surface area contributed by atoms with Gasteiger partial charge in [0.25, 0.3) is 0 Å². The summed E-state index contributed by atoms with van der Waals surface area (Å²) in [5.41, 5.74) is 2.14. The molecule has 1 N–H and O–H groups in total. The van der Waals surface area contributed by atoms with Crippen LogP contribution < -0.4 is 5.32 Å². The predicted molar refractivity (Wildman–Crippen MR) is 79.6 cm³/mol. The summed E-state index contributed by atoms with van der Waals surface area (Å²) in [6, 6.07) is 10.4. The van der Waals surface area contributed by atoms with Crippen molar-refractivity contribution in [1.82, 2.24) is 15.2 Å². The number of amides is 2. The molecule has 0 spiro atoms. The molecule has 2 amide bonds. The maximum atomic E-state index is 12.2. The smallest absolute Gasteiger partial charge is 0.318 e. The summed E-state index contributed by atoms with van der Waals surface area (Å²) in [6.07, 6.45) is 1.03. The molecule has 104 valence electrons. The Hall–Kier alpha value is -1.88. The largest absolute Gasteiger partial charge is 0.332 e. The number of nitrogens with zero attached hydrogens (tertiary/aromatic N) is 2. The molecule has 2 heterocycles. The number of benzene rings is 1. The van der Waals surface area contributed by atoms with Gasteiger partial charge < -0.3 is 10.2 Å². The molecule has 0 radical (unpaired) electrons. The predicted octanol–water partition coefficient (Wildman–Crippen LogP) is 3.11. The Labute approximate surface area is 122 Å². The van der Waals surface area contributed by atoms with Crippen molar-refractivity contribution in [3.8, 4) is 0 Å². The number of carbonyl (C=O) groups is 1. The summed E-state index contributed by atoms with van der Waals surface area (Å²) in [5, 5.41) is 5.96. The quantitative estimate of drug-likeness (QED) is 0.942. The van der Waals surface area contributed by atoms with Crippen LogP contribution in [-0.4, -0.2) is 22.5 Å². The van der Waals surface area contributed by atoms with Crippen LogP contribution in [-0.2, 0) is 6.54 Å². The molecule has 1 aromatic heterocycles. The number of aromatic nitrogens is 1. The third-order valence-electron chi connectivity index (χ3n) is 3.55. The Balaban J connectivity index is 1.58. The molecule has 1 fully saturated rings. The SMILES string of the molecule is Cc1nc(CNC(=O)N2CC[C@@H]2c2ccccc2)cs1. The lowest BCUT2D eigenvalue weighted by Crippen LogP contribution is -2.49. The molecule has 1 aliphatic rings. The first-order valence-corrected chi connectivity index (χ1v) is 7.62. The molecule has 0 bridgehead atoms. The number of urea groups is 1. The molecule has 0 aliphatic carbocycles. The van der Waals surface area contributed by atoms with E-state index in [9.17, 15) is 4.79 Å². The van der Waals surface area contributed by atoms with E-state index in [0.29, 0.717) is 6.54 Å². The van der Waals surface area contributed by atoms with Gasteiger partial charge in [-0.1, -0.05) is 30.3 Å². The van der Waals surface area contributed by atoms with Gasteiger partial charge >= 0.3 is 6.03 Å². The van der Waals surface area contributed by atoms with Gasteiger partial charge in [0.15, 0.2) is 0 Å². The van der Waals surface area contributed by atoms with Gasteiger partial charge in [-0.25, -0.2) is 9.78 Å². The van der Waals surface area contributed by atoms with Crippen molar-refractivity contribution < 1.29 is 4.79 Å². The zero-order chi connectivity index (χ0) is 13.9. The second-order valence-corrected chi connectivity index (χ2v) is 5.99. The first-order valence-electron chi connectivity index (χ1n) is 6.74. The van der Waals surface area contributed by atoms with E-state index in [-0.39, 0.29) is 12.1 Å². The number of hydrogen-bond acceptors (Lipinski definition) is 3. The van der Waals surface area contributed by atoms with E-state index >= 15 is 0 Å². The van der Waals surface area contributed by atoms with Crippen molar-refractivity contribution in [2.24, 2.45) is 0 Å². The van der Waals surface area contributed by atoms with Gasteiger partial charge in [-0.15, -0.1) is 11.3 Å². The highest BCUT2D eigenvalue weighted by molar-refractivity contribution is 7.09. The number of thiazole rings is 1. The molecule has 2 aromatic rings. The van der Waals surface area contributed by atoms with Gasteiger partial charge in [0, 0.05) is 11.9 Å². The van der Waals surface area contributed by atoms with Crippen molar-refractivity contribution in [1.29, 1.82) is 0 Å². The van der Waals surface area contributed by atoms with Gasteiger partial charge in [0.2, 0.25) is 0 Å². The third-order valence-corrected chi connectivity index (χ3v) is 4.37. The maximum absolute atomic E-state index is 12.2. The average molecular weight is 287 g/mol. The lowest BCUT2D eigenvalue weighted by molar-refractivity contribution is 0.115. The molecule has 1 aliphatic heterocycles. The van der Waals surface area contributed by atoms with E-state index in [1.165, 1.54) is 5.56 Å². The van der Waals surface area contributed by atoms with E-state index in [4.69, 9.17) is 0 Å². The highest BCUT2D eigenvalue weighted by atomic mass is 32.1. The Morgan fingerprint density at radius 2 is 2.25 bits per heavy atom. The molecule has 0 unspecified atom stereocenters. The molecular formula is C15H17N3OS. The summed E-state index contributed by atoms with van der Waals surface area (Å²) in [5.74, 6) is 0. The summed E-state index contributed by atoms with van der Waals surface area (Å²) in [4.78, 5) is 18.4. The number of carbonyl (C=O) groups excluding carboxylic acids is 1. The van der Waals surface area contributed by atoms with E-state index in [1.54, 1.807) is 11.3 Å². The van der Waals surface area contributed by atoms with Crippen LogP contribution in [0.2, 0.25) is 0 Å². The highest BCUT2D eigenvalue weighted by Crippen LogP contribution is 2.32. The van der Waals surface area contributed by atoms with Crippen LogP contribution in [0, 0.1) is 6.92 Å². The van der Waals surface area contributed by atoms with Crippen molar-refractivity contribution >= 4 is 17.4 Å². The summed E-state index contributed by atoms with van der Waals surface area (Å²) in [6.45, 7) is 3.29. The van der Waals surface area contributed by atoms with E-state index < -0.39 is 0 Å². The lowest BCUT2D eigenvalue weighted by Gasteiger charge is -2.41. The lowest BCUT2D eigenvalue weighted by atomic mass is 9.95. The van der Waals surface area contributed by atoms with Gasteiger partial charge in [-0.2, -0.15) is 0 Å². The van der Waals surface area contributed by atoms with Crippen LogP contribution in [0.3, 0.4) is 0 Å². The van der Waals surface area contributed by atoms with Crippen LogP contribution in [0.15, 0.2) is 35.7 Å². The normalized spacial score (nSPS) is 17.6. The Morgan fingerprint density at radius 3 is 2.85 bits per heavy atom. The Kier molecular flexibility index (Phi) is 3.69. The standard InChI is InChI=1S/C15H17N3OS/c1-11-17-13(10-20-11)9-16-15(19)18-8-7-14(18)12-5-3-2-4-6-12/h2-6,10,14H,7-9H2,1H3,(H,16,19)/t14-/m1/s1. The minimum absolute atomic E-state index is 0.00393. The van der Waals surface area contributed by atoms with E-state index in [2.05, 4.69) is 22.4 Å². The van der Waals surface area contributed by atoms with Crippen molar-refractivity contribution in [2.75, 3.05) is 6.54 Å². The van der Waals surface area contributed by atoms with Gasteiger partial charge in [-0.3, -0.25) is 0 Å². The van der Waals surface area contributed by atoms with Crippen molar-refractivity contribution in [3.05, 3.63) is 52.0 Å². The molecule has 4 nitrogen and oxygen atoms in total. The van der Waals surface area contributed by atoms with Crippen molar-refractivity contribution in [3.63, 3.8) is 0 Å². The average Bonchev–Trinajstić information content (AvgIpc) is 2.82. The van der Waals surface area contributed by atoms with E-state index in [0.717, 1.165) is 23.7 Å². The van der Waals surface area contributed by atoms with Gasteiger partial charge in [0.05, 0.1) is 23.3 Å². The van der Waals surface area contributed by atoms with Crippen LogP contribution in [0.25, 0.3) is 0 Å². The minimum Gasteiger partial charge on any atom is -0.332 e. The molecule has 0 saturated carbocycles. The van der Waals surface area contributed by atoms with Crippen LogP contribution in [0.4, 0.5) is 4.79 Å². The number of aryl methyl sites for hydroxylation is 1. The molecular weight excluding hydrogens is 270 g/mol. The molecule has 5 heteroatoms. The number of likely N-dealkylation sites (tertiary alicyclic amines) is 1. The zero-order valence-electron chi connectivity index (χ0n) is 11.4. The Bertz CT molecular complexity index is 596. The van der Waals surface area contributed by atoms with Gasteiger partial charge in [0.1, 0.15) is 0 Å². The fraction of sp³-hybridized carbons (Fsp3) is 0.333. The van der Waals surface area contributed by atoms with Gasteiger partial charge in [-0.05, 0) is 18.9 Å². The van der Waals surface area contributed by atoms with Crippen molar-refractivity contribution in [2.45, 2.75) is 25.9 Å². The Morgan fingerprint density at radius 1 is 1.45 bits per heavy atom. The summed E-state index contributed by atoms with van der Waals surface area (Å²) in [7, 11) is 0. The molecule has 20 heavy (non-hydrogen) atoms. The van der Waals surface area contributed by atoms with Crippen LogP contribution in [0.1, 0.15) is 28.7 Å².